The molecule has 1 fully saturated rings. The Bertz CT molecular complexity index is 1220. The fraction of sp³-hybridized carbons (Fsp3) is 0.483. The summed E-state index contributed by atoms with van der Waals surface area (Å²) in [6.07, 6.45) is 6.06. The monoisotopic (exact) mass is 503 g/mol. The zero-order chi connectivity index (χ0) is 25.8. The summed E-state index contributed by atoms with van der Waals surface area (Å²) < 4.78 is 10.5. The molecule has 8 nitrogen and oxygen atoms in total. The second-order valence-electron chi connectivity index (χ2n) is 10.1. The summed E-state index contributed by atoms with van der Waals surface area (Å²) in [5.74, 6) is 2.55. The Kier molecular flexibility index (Phi) is 7.74. The van der Waals surface area contributed by atoms with Gasteiger partial charge in [-0.1, -0.05) is 13.0 Å². The Morgan fingerprint density at radius 3 is 2.73 bits per heavy atom. The first kappa shape index (κ1) is 25.3. The van der Waals surface area contributed by atoms with Gasteiger partial charge in [0.15, 0.2) is 5.82 Å². The minimum Gasteiger partial charge on any atom is -0.478 e. The second kappa shape index (κ2) is 11.3. The lowest BCUT2D eigenvalue weighted by Crippen LogP contribution is -2.35. The number of fused-ring (bicyclic) bond motifs is 2. The first-order valence-corrected chi connectivity index (χ1v) is 13.4. The van der Waals surface area contributed by atoms with Crippen molar-refractivity contribution in [1.29, 1.82) is 0 Å². The highest BCUT2D eigenvalue weighted by Crippen LogP contribution is 2.38. The number of pyridine rings is 1. The van der Waals surface area contributed by atoms with Crippen LogP contribution >= 0.6 is 0 Å². The predicted molar refractivity (Wildman–Crippen MR) is 144 cm³/mol. The summed E-state index contributed by atoms with van der Waals surface area (Å²) in [4.78, 5) is 20.5. The zero-order valence-electron chi connectivity index (χ0n) is 22.1. The number of nitrogens with one attached hydrogen (secondary N) is 1. The normalized spacial score (nSPS) is 18.5. The molecule has 0 saturated carbocycles. The average molecular weight is 504 g/mol. The molecule has 1 N–H and O–H groups in total. The summed E-state index contributed by atoms with van der Waals surface area (Å²) in [7, 11) is 0. The molecule has 196 valence electrons. The number of H-pyrrole nitrogens is 1. The minimum atomic E-state index is 0.116. The van der Waals surface area contributed by atoms with Gasteiger partial charge in [-0.3, -0.25) is 9.89 Å². The van der Waals surface area contributed by atoms with Gasteiger partial charge in [-0.15, -0.1) is 0 Å². The quantitative estimate of drug-likeness (QED) is 0.545. The maximum atomic E-state index is 11.9. The van der Waals surface area contributed by atoms with Crippen molar-refractivity contribution in [1.82, 2.24) is 20.1 Å². The molecular formula is C29H37N5O3. The van der Waals surface area contributed by atoms with E-state index in [-0.39, 0.29) is 5.91 Å². The summed E-state index contributed by atoms with van der Waals surface area (Å²) in [5, 5.41) is 7.88. The van der Waals surface area contributed by atoms with E-state index in [1.807, 2.05) is 24.1 Å². The van der Waals surface area contributed by atoms with Crippen LogP contribution in [0.15, 0.2) is 36.5 Å². The lowest BCUT2D eigenvalue weighted by Gasteiger charge is -2.32. The number of amides is 1. The smallest absolute Gasteiger partial charge is 0.219 e. The highest BCUT2D eigenvalue weighted by atomic mass is 16.5. The summed E-state index contributed by atoms with van der Waals surface area (Å²) in [6.45, 7) is 10.7. The topological polar surface area (TPSA) is 83.6 Å². The number of ether oxygens (including phenoxy) is 2. The van der Waals surface area contributed by atoms with Gasteiger partial charge in [0.25, 0.3) is 0 Å². The van der Waals surface area contributed by atoms with E-state index in [0.717, 1.165) is 79.7 Å². The van der Waals surface area contributed by atoms with Crippen LogP contribution in [-0.4, -0.2) is 58.9 Å². The third-order valence-electron chi connectivity index (χ3n) is 7.33. The van der Waals surface area contributed by atoms with Crippen molar-refractivity contribution in [2.45, 2.75) is 53.0 Å². The van der Waals surface area contributed by atoms with Crippen LogP contribution in [0.2, 0.25) is 0 Å². The molecule has 6 rings (SSSR count). The van der Waals surface area contributed by atoms with Crippen molar-refractivity contribution >= 4 is 17.4 Å². The predicted octanol–water partition coefficient (Wildman–Crippen LogP) is 4.90. The van der Waals surface area contributed by atoms with E-state index in [9.17, 15) is 4.79 Å². The molecule has 0 radical (unpaired) electrons. The number of hydrogen-bond donors (Lipinski definition) is 1. The van der Waals surface area contributed by atoms with Gasteiger partial charge in [0, 0.05) is 74.4 Å². The number of carbonyl (C=O) groups is 1. The highest BCUT2D eigenvalue weighted by Gasteiger charge is 2.29. The van der Waals surface area contributed by atoms with Gasteiger partial charge in [0.2, 0.25) is 11.8 Å². The third kappa shape index (κ3) is 5.64. The minimum absolute atomic E-state index is 0.116. The number of aryl methyl sites for hydroxylation is 1. The lowest BCUT2D eigenvalue weighted by molar-refractivity contribution is -0.129. The van der Waals surface area contributed by atoms with Crippen LogP contribution in [0.4, 0.5) is 11.5 Å². The van der Waals surface area contributed by atoms with Crippen molar-refractivity contribution < 1.29 is 14.3 Å². The Morgan fingerprint density at radius 2 is 2.05 bits per heavy atom. The van der Waals surface area contributed by atoms with Gasteiger partial charge in [-0.05, 0) is 61.4 Å². The van der Waals surface area contributed by atoms with Crippen molar-refractivity contribution in [3.8, 4) is 17.0 Å². The third-order valence-corrected chi connectivity index (χ3v) is 7.33. The van der Waals surface area contributed by atoms with E-state index in [4.69, 9.17) is 9.47 Å². The van der Waals surface area contributed by atoms with Crippen molar-refractivity contribution in [2.75, 3.05) is 37.8 Å². The largest absolute Gasteiger partial charge is 0.478 e. The number of benzene rings is 1. The zero-order valence-corrected chi connectivity index (χ0v) is 22.1. The van der Waals surface area contributed by atoms with Crippen LogP contribution < -0.4 is 9.64 Å². The summed E-state index contributed by atoms with van der Waals surface area (Å²) >= 11 is 0. The standard InChI is InChI=1S/C24H27N5O2.C5H10O/c1-3-31-23-9-7-19(14-25-23)17-6-8-22-18(13-17)5-4-11-29(22)24-20-15-28(16(2)30)12-10-21(20)26-27-24;1-5-2-3-6-4-5/h6-9,13-14H,3-5,10-12,15H2,1-2H3,(H,26,27);5H,2-4H2,1H3/t;5-/m.0/s1. The Labute approximate surface area is 219 Å². The van der Waals surface area contributed by atoms with Crippen LogP contribution in [0.1, 0.15) is 50.4 Å². The lowest BCUT2D eigenvalue weighted by atomic mass is 9.96. The average Bonchev–Trinajstić information content (AvgIpc) is 3.57. The van der Waals surface area contributed by atoms with Gasteiger partial charge in [-0.2, -0.15) is 5.10 Å². The molecule has 0 unspecified atom stereocenters. The molecule has 0 spiro atoms. The number of rotatable bonds is 4. The summed E-state index contributed by atoms with van der Waals surface area (Å²) in [5.41, 5.74) is 7.04. The number of anilines is 2. The van der Waals surface area contributed by atoms with E-state index in [1.54, 1.807) is 6.92 Å². The van der Waals surface area contributed by atoms with E-state index >= 15 is 0 Å². The molecule has 0 aliphatic carbocycles. The van der Waals surface area contributed by atoms with Crippen LogP contribution in [0.5, 0.6) is 5.88 Å². The van der Waals surface area contributed by atoms with Crippen LogP contribution in [0.3, 0.4) is 0 Å². The Hall–Kier alpha value is -3.39. The fourth-order valence-electron chi connectivity index (χ4n) is 5.21. The molecule has 0 bridgehead atoms. The van der Waals surface area contributed by atoms with Crippen LogP contribution in [0.25, 0.3) is 11.1 Å². The molecule has 3 aromatic rings. The molecule has 1 aromatic carbocycles. The van der Waals surface area contributed by atoms with Gasteiger partial charge >= 0.3 is 0 Å². The molecular weight excluding hydrogens is 466 g/mol. The van der Waals surface area contributed by atoms with E-state index in [1.165, 1.54) is 17.7 Å². The van der Waals surface area contributed by atoms with Gasteiger partial charge in [0.05, 0.1) is 13.2 Å². The van der Waals surface area contributed by atoms with Gasteiger partial charge in [-0.25, -0.2) is 4.98 Å². The second-order valence-corrected chi connectivity index (χ2v) is 10.1. The summed E-state index contributed by atoms with van der Waals surface area (Å²) in [6, 6.07) is 10.6. The van der Waals surface area contributed by atoms with Crippen LogP contribution in [0, 0.1) is 5.92 Å². The van der Waals surface area contributed by atoms with Gasteiger partial charge in [0.1, 0.15) is 0 Å². The number of aromatic nitrogens is 3. The first-order valence-electron chi connectivity index (χ1n) is 13.4. The van der Waals surface area contributed by atoms with E-state index in [0.29, 0.717) is 19.0 Å². The molecule has 1 saturated heterocycles. The molecule has 3 aliphatic rings. The van der Waals surface area contributed by atoms with E-state index < -0.39 is 0 Å². The molecule has 5 heterocycles. The maximum absolute atomic E-state index is 11.9. The molecule has 1 atom stereocenters. The van der Waals surface area contributed by atoms with Crippen molar-refractivity contribution in [3.63, 3.8) is 0 Å². The molecule has 37 heavy (non-hydrogen) atoms. The Balaban J connectivity index is 0.000000412. The first-order chi connectivity index (χ1) is 18.0. The van der Waals surface area contributed by atoms with Crippen molar-refractivity contribution in [3.05, 3.63) is 53.3 Å². The number of hydrogen-bond acceptors (Lipinski definition) is 6. The Morgan fingerprint density at radius 1 is 1.19 bits per heavy atom. The van der Waals surface area contributed by atoms with Crippen LogP contribution in [-0.2, 0) is 28.9 Å². The van der Waals surface area contributed by atoms with Gasteiger partial charge < -0.3 is 19.3 Å². The maximum Gasteiger partial charge on any atom is 0.219 e. The number of aromatic amines is 1. The molecule has 2 aromatic heterocycles. The fourth-order valence-corrected chi connectivity index (χ4v) is 5.21. The molecule has 8 heteroatoms. The van der Waals surface area contributed by atoms with E-state index in [2.05, 4.69) is 51.3 Å². The molecule has 3 aliphatic heterocycles. The number of carbonyl (C=O) groups excluding carboxylic acids is 1. The van der Waals surface area contributed by atoms with Crippen molar-refractivity contribution in [2.24, 2.45) is 5.92 Å². The molecule has 1 amide bonds. The highest BCUT2D eigenvalue weighted by molar-refractivity contribution is 5.76. The SMILES string of the molecule is CCOc1ccc(-c2ccc3c(c2)CCCN3c2n[nH]c3c2CN(C(C)=O)CC3)cn1.C[C@H]1CCOC1. The number of nitrogens with zero attached hydrogens (tertiary/aromatic N) is 4.